The maximum absolute atomic E-state index is 12.2. The number of benzene rings is 1. The summed E-state index contributed by atoms with van der Waals surface area (Å²) < 4.78 is 5.28. The van der Waals surface area contributed by atoms with Crippen LogP contribution in [0, 0.1) is 6.92 Å². The Hall–Kier alpha value is -1.52. The van der Waals surface area contributed by atoms with Crippen LogP contribution in [0.4, 0.5) is 5.00 Å². The zero-order chi connectivity index (χ0) is 14.9. The molecule has 0 aliphatic carbocycles. The molecule has 0 amide bonds. The predicted octanol–water partition coefficient (Wildman–Crippen LogP) is 4.52. The Morgan fingerprint density at radius 1 is 1.30 bits per heavy atom. The van der Waals surface area contributed by atoms with Crippen molar-refractivity contribution in [3.05, 3.63) is 39.7 Å². The van der Waals surface area contributed by atoms with Crippen molar-refractivity contribution in [2.24, 2.45) is 0 Å². The molecular weight excluding hydrogens is 294 g/mol. The Morgan fingerprint density at radius 3 is 2.45 bits per heavy atom. The Labute approximate surface area is 127 Å². The number of ether oxygens (including phenoxy) is 1. The first-order valence-electron chi connectivity index (χ1n) is 6.26. The average molecular weight is 310 g/mol. The minimum absolute atomic E-state index is 0.180. The van der Waals surface area contributed by atoms with E-state index in [1.165, 1.54) is 11.3 Å². The molecule has 0 aliphatic rings. The van der Waals surface area contributed by atoms with E-state index in [0.717, 1.165) is 16.0 Å². The number of nitrogens with two attached hydrogens (primary N) is 1. The van der Waals surface area contributed by atoms with Crippen LogP contribution in [0.2, 0.25) is 5.02 Å². The van der Waals surface area contributed by atoms with E-state index < -0.39 is 0 Å². The molecule has 0 spiro atoms. The summed E-state index contributed by atoms with van der Waals surface area (Å²) in [5.74, 6) is -0.383. The van der Waals surface area contributed by atoms with Gasteiger partial charge in [0, 0.05) is 15.5 Å². The van der Waals surface area contributed by atoms with Crippen LogP contribution in [0.25, 0.3) is 11.1 Å². The Morgan fingerprint density at radius 2 is 1.90 bits per heavy atom. The van der Waals surface area contributed by atoms with E-state index in [0.29, 0.717) is 15.6 Å². The van der Waals surface area contributed by atoms with Crippen LogP contribution < -0.4 is 5.73 Å². The van der Waals surface area contributed by atoms with Crippen LogP contribution >= 0.6 is 22.9 Å². The first kappa shape index (κ1) is 14.9. The number of thiophene rings is 1. The Balaban J connectivity index is 2.53. The lowest BCUT2D eigenvalue weighted by molar-refractivity contribution is 0.0380. The summed E-state index contributed by atoms with van der Waals surface area (Å²) in [6, 6.07) is 7.34. The summed E-state index contributed by atoms with van der Waals surface area (Å²) in [4.78, 5) is 13.2. The number of hydrogen-bond donors (Lipinski definition) is 1. The van der Waals surface area contributed by atoms with E-state index in [4.69, 9.17) is 22.1 Å². The molecule has 1 heterocycles. The number of carbonyl (C=O) groups is 1. The van der Waals surface area contributed by atoms with Gasteiger partial charge >= 0.3 is 5.97 Å². The second kappa shape index (κ2) is 5.85. The van der Waals surface area contributed by atoms with Crippen LogP contribution in [0.1, 0.15) is 29.1 Å². The lowest BCUT2D eigenvalue weighted by Gasteiger charge is -2.10. The van der Waals surface area contributed by atoms with E-state index in [9.17, 15) is 4.79 Å². The summed E-state index contributed by atoms with van der Waals surface area (Å²) in [6.45, 7) is 5.57. The highest BCUT2D eigenvalue weighted by Crippen LogP contribution is 2.39. The molecular formula is C15H16ClNO2S. The Bertz CT molecular complexity index is 632. The summed E-state index contributed by atoms with van der Waals surface area (Å²) in [6.07, 6.45) is -0.180. The van der Waals surface area contributed by atoms with Gasteiger partial charge in [-0.25, -0.2) is 4.79 Å². The van der Waals surface area contributed by atoms with Crippen molar-refractivity contribution in [1.82, 2.24) is 0 Å². The van der Waals surface area contributed by atoms with Gasteiger partial charge in [-0.3, -0.25) is 0 Å². The van der Waals surface area contributed by atoms with Crippen molar-refractivity contribution in [2.45, 2.75) is 26.9 Å². The fourth-order valence-corrected chi connectivity index (χ4v) is 3.07. The molecule has 0 aliphatic heterocycles. The van der Waals surface area contributed by atoms with Gasteiger partial charge < -0.3 is 10.5 Å². The number of anilines is 1. The van der Waals surface area contributed by atoms with Gasteiger partial charge in [0.1, 0.15) is 10.6 Å². The molecule has 0 fully saturated rings. The third-order valence-electron chi connectivity index (χ3n) is 2.79. The molecule has 0 bridgehead atoms. The second-order valence-corrected chi connectivity index (χ2v) is 6.43. The molecule has 20 heavy (non-hydrogen) atoms. The summed E-state index contributed by atoms with van der Waals surface area (Å²) in [7, 11) is 0. The van der Waals surface area contributed by atoms with Gasteiger partial charge in [-0.1, -0.05) is 23.7 Å². The smallest absolute Gasteiger partial charge is 0.342 e. The van der Waals surface area contributed by atoms with Crippen molar-refractivity contribution < 1.29 is 9.53 Å². The minimum atomic E-state index is -0.383. The molecule has 1 aromatic carbocycles. The molecule has 106 valence electrons. The summed E-state index contributed by atoms with van der Waals surface area (Å²) >= 11 is 7.30. The number of nitrogen functional groups attached to an aromatic ring is 1. The fraction of sp³-hybridized carbons (Fsp3) is 0.267. The molecule has 0 radical (unpaired) electrons. The Kier molecular flexibility index (Phi) is 4.35. The molecule has 0 saturated carbocycles. The van der Waals surface area contributed by atoms with Gasteiger partial charge in [-0.05, 0) is 38.5 Å². The first-order valence-corrected chi connectivity index (χ1v) is 7.45. The van der Waals surface area contributed by atoms with E-state index in [2.05, 4.69) is 0 Å². The van der Waals surface area contributed by atoms with Gasteiger partial charge in [0.15, 0.2) is 0 Å². The quantitative estimate of drug-likeness (QED) is 0.848. The molecule has 2 aromatic rings. The molecule has 2 N–H and O–H groups in total. The monoisotopic (exact) mass is 309 g/mol. The molecule has 0 unspecified atom stereocenters. The molecule has 5 heteroatoms. The zero-order valence-electron chi connectivity index (χ0n) is 11.6. The SMILES string of the molecule is Cc1sc(N)c(C(=O)OC(C)C)c1-c1ccc(Cl)cc1. The maximum Gasteiger partial charge on any atom is 0.342 e. The first-order chi connectivity index (χ1) is 9.40. The average Bonchev–Trinajstić information content (AvgIpc) is 2.64. The van der Waals surface area contributed by atoms with Crippen LogP contribution in [0.5, 0.6) is 0 Å². The molecule has 0 saturated heterocycles. The predicted molar refractivity (Wildman–Crippen MR) is 84.5 cm³/mol. The third-order valence-corrected chi connectivity index (χ3v) is 3.98. The van der Waals surface area contributed by atoms with Gasteiger partial charge in [0.2, 0.25) is 0 Å². The summed E-state index contributed by atoms with van der Waals surface area (Å²) in [5, 5.41) is 1.14. The van der Waals surface area contributed by atoms with Crippen LogP contribution in [0.15, 0.2) is 24.3 Å². The number of hydrogen-bond acceptors (Lipinski definition) is 4. The molecule has 0 atom stereocenters. The standard InChI is InChI=1S/C15H16ClNO2S/c1-8(2)19-15(18)13-12(9(3)20-14(13)17)10-4-6-11(16)7-5-10/h4-8H,17H2,1-3H3. The molecule has 2 rings (SSSR count). The van der Waals surface area contributed by atoms with Crippen LogP contribution in [0.3, 0.4) is 0 Å². The highest BCUT2D eigenvalue weighted by Gasteiger charge is 2.23. The van der Waals surface area contributed by atoms with Gasteiger partial charge in [-0.15, -0.1) is 11.3 Å². The van der Waals surface area contributed by atoms with E-state index in [-0.39, 0.29) is 12.1 Å². The summed E-state index contributed by atoms with van der Waals surface area (Å²) in [5.41, 5.74) is 8.17. The highest BCUT2D eigenvalue weighted by atomic mass is 35.5. The topological polar surface area (TPSA) is 52.3 Å². The van der Waals surface area contributed by atoms with Crippen molar-refractivity contribution in [3.63, 3.8) is 0 Å². The van der Waals surface area contributed by atoms with Crippen molar-refractivity contribution >= 4 is 33.9 Å². The van der Waals surface area contributed by atoms with Crippen LogP contribution in [-0.4, -0.2) is 12.1 Å². The van der Waals surface area contributed by atoms with E-state index in [1.807, 2.05) is 32.9 Å². The van der Waals surface area contributed by atoms with Gasteiger partial charge in [0.25, 0.3) is 0 Å². The van der Waals surface area contributed by atoms with E-state index >= 15 is 0 Å². The normalized spacial score (nSPS) is 10.8. The van der Waals surface area contributed by atoms with Crippen molar-refractivity contribution in [2.75, 3.05) is 5.73 Å². The van der Waals surface area contributed by atoms with Crippen molar-refractivity contribution in [1.29, 1.82) is 0 Å². The number of esters is 1. The number of halogens is 1. The molecule has 3 nitrogen and oxygen atoms in total. The number of rotatable bonds is 3. The van der Waals surface area contributed by atoms with Gasteiger partial charge in [-0.2, -0.15) is 0 Å². The zero-order valence-corrected chi connectivity index (χ0v) is 13.1. The van der Waals surface area contributed by atoms with Crippen LogP contribution in [-0.2, 0) is 4.74 Å². The maximum atomic E-state index is 12.2. The largest absolute Gasteiger partial charge is 0.459 e. The highest BCUT2D eigenvalue weighted by molar-refractivity contribution is 7.16. The second-order valence-electron chi connectivity index (χ2n) is 4.73. The number of aryl methyl sites for hydroxylation is 1. The molecule has 1 aromatic heterocycles. The number of carbonyl (C=O) groups excluding carboxylic acids is 1. The lowest BCUT2D eigenvalue weighted by atomic mass is 10.0. The fourth-order valence-electron chi connectivity index (χ4n) is 2.01. The minimum Gasteiger partial charge on any atom is -0.459 e. The lowest BCUT2D eigenvalue weighted by Crippen LogP contribution is -2.13. The third kappa shape index (κ3) is 2.97. The van der Waals surface area contributed by atoms with Crippen molar-refractivity contribution in [3.8, 4) is 11.1 Å². The van der Waals surface area contributed by atoms with E-state index in [1.54, 1.807) is 12.1 Å². The van der Waals surface area contributed by atoms with Gasteiger partial charge in [0.05, 0.1) is 6.10 Å².